The van der Waals surface area contributed by atoms with E-state index in [0.717, 1.165) is 0 Å². The third kappa shape index (κ3) is 1.92. The number of carbonyl (C=O) groups is 2. The average Bonchev–Trinajstić information content (AvgIpc) is 2.35. The van der Waals surface area contributed by atoms with Crippen LogP contribution in [0.1, 0.15) is 20.3 Å². The van der Waals surface area contributed by atoms with Crippen molar-refractivity contribution in [2.75, 3.05) is 17.2 Å². The van der Waals surface area contributed by atoms with Crippen LogP contribution in [0.5, 0.6) is 0 Å². The van der Waals surface area contributed by atoms with Crippen molar-refractivity contribution in [1.82, 2.24) is 5.32 Å². The molecule has 18 heavy (non-hydrogen) atoms. The Kier molecular flexibility index (Phi) is 2.98. The van der Waals surface area contributed by atoms with Crippen molar-refractivity contribution < 1.29 is 9.59 Å². The highest BCUT2D eigenvalue weighted by molar-refractivity contribution is 6.18. The van der Waals surface area contributed by atoms with Crippen molar-refractivity contribution in [1.29, 1.82) is 0 Å². The standard InChI is InChI=1S/C13H17N3O2/c1-3-13(2)8-15-12(18)16(11(13)17)10-6-4-5-9(14)7-10/h4-7H,3,8,14H2,1-2H3,(H,15,18). The van der Waals surface area contributed by atoms with E-state index in [-0.39, 0.29) is 5.91 Å². The molecule has 1 aromatic rings. The van der Waals surface area contributed by atoms with E-state index in [2.05, 4.69) is 5.32 Å². The maximum absolute atomic E-state index is 12.4. The van der Waals surface area contributed by atoms with E-state index in [1.54, 1.807) is 24.3 Å². The zero-order valence-corrected chi connectivity index (χ0v) is 10.6. The maximum atomic E-state index is 12.4. The number of carbonyl (C=O) groups excluding carboxylic acids is 2. The molecule has 1 aliphatic rings. The van der Waals surface area contributed by atoms with Gasteiger partial charge in [-0.3, -0.25) is 4.79 Å². The third-order valence-electron chi connectivity index (χ3n) is 3.46. The van der Waals surface area contributed by atoms with Gasteiger partial charge in [0, 0.05) is 12.2 Å². The van der Waals surface area contributed by atoms with Crippen LogP contribution in [0.15, 0.2) is 24.3 Å². The summed E-state index contributed by atoms with van der Waals surface area (Å²) in [6.45, 7) is 4.17. The molecule has 3 N–H and O–H groups in total. The second kappa shape index (κ2) is 4.33. The van der Waals surface area contributed by atoms with Gasteiger partial charge in [-0.15, -0.1) is 0 Å². The number of hydrogen-bond donors (Lipinski definition) is 2. The van der Waals surface area contributed by atoms with Crippen LogP contribution < -0.4 is 16.0 Å². The van der Waals surface area contributed by atoms with E-state index in [1.165, 1.54) is 4.90 Å². The van der Waals surface area contributed by atoms with Gasteiger partial charge in [0.15, 0.2) is 0 Å². The smallest absolute Gasteiger partial charge is 0.328 e. The lowest BCUT2D eigenvalue weighted by molar-refractivity contribution is -0.127. The number of rotatable bonds is 2. The van der Waals surface area contributed by atoms with E-state index in [4.69, 9.17) is 5.73 Å². The maximum Gasteiger partial charge on any atom is 0.328 e. The highest BCUT2D eigenvalue weighted by Crippen LogP contribution is 2.30. The normalized spacial score (nSPS) is 24.0. The number of benzene rings is 1. The van der Waals surface area contributed by atoms with Crippen LogP contribution in [0.4, 0.5) is 16.2 Å². The van der Waals surface area contributed by atoms with E-state index < -0.39 is 11.4 Å². The predicted octanol–water partition coefficient (Wildman–Crippen LogP) is 1.74. The lowest BCUT2D eigenvalue weighted by atomic mass is 9.84. The van der Waals surface area contributed by atoms with Crippen LogP contribution in [0, 0.1) is 5.41 Å². The molecule has 1 aliphatic heterocycles. The molecular formula is C13H17N3O2. The van der Waals surface area contributed by atoms with Crippen molar-refractivity contribution in [3.05, 3.63) is 24.3 Å². The molecule has 0 saturated carbocycles. The second-order valence-electron chi connectivity index (χ2n) is 4.81. The summed E-state index contributed by atoms with van der Waals surface area (Å²) in [5.74, 6) is -0.181. The molecule has 0 bridgehead atoms. The van der Waals surface area contributed by atoms with Gasteiger partial charge in [0.25, 0.3) is 0 Å². The number of urea groups is 1. The Hall–Kier alpha value is -2.04. The summed E-state index contributed by atoms with van der Waals surface area (Å²) in [6.07, 6.45) is 0.672. The monoisotopic (exact) mass is 247 g/mol. The van der Waals surface area contributed by atoms with Crippen LogP contribution in [-0.2, 0) is 4.79 Å². The van der Waals surface area contributed by atoms with Gasteiger partial charge in [-0.25, -0.2) is 9.69 Å². The van der Waals surface area contributed by atoms with E-state index in [0.29, 0.717) is 24.3 Å². The molecule has 96 valence electrons. The summed E-state index contributed by atoms with van der Waals surface area (Å²) in [6, 6.07) is 6.38. The summed E-state index contributed by atoms with van der Waals surface area (Å²) >= 11 is 0. The van der Waals surface area contributed by atoms with Gasteiger partial charge < -0.3 is 11.1 Å². The topological polar surface area (TPSA) is 75.4 Å². The molecular weight excluding hydrogens is 230 g/mol. The van der Waals surface area contributed by atoms with Gasteiger partial charge in [0.2, 0.25) is 5.91 Å². The van der Waals surface area contributed by atoms with Crippen LogP contribution in [0.3, 0.4) is 0 Å². The fourth-order valence-electron chi connectivity index (χ4n) is 1.96. The number of nitrogens with zero attached hydrogens (tertiary/aromatic N) is 1. The minimum atomic E-state index is -0.557. The number of nitrogen functional groups attached to an aromatic ring is 1. The predicted molar refractivity (Wildman–Crippen MR) is 70.1 cm³/mol. The number of hydrogen-bond acceptors (Lipinski definition) is 3. The SMILES string of the molecule is CCC1(C)CNC(=O)N(c2cccc(N)c2)C1=O. The number of amides is 3. The quantitative estimate of drug-likeness (QED) is 0.782. The van der Waals surface area contributed by atoms with Gasteiger partial charge in [-0.05, 0) is 31.5 Å². The first-order valence-corrected chi connectivity index (χ1v) is 5.96. The molecule has 1 unspecified atom stereocenters. The zero-order chi connectivity index (χ0) is 13.3. The molecule has 3 amide bonds. The largest absolute Gasteiger partial charge is 0.399 e. The molecule has 1 fully saturated rings. The molecule has 0 spiro atoms. The number of nitrogens with one attached hydrogen (secondary N) is 1. The molecule has 1 aromatic carbocycles. The Bertz CT molecular complexity index is 501. The number of nitrogens with two attached hydrogens (primary N) is 1. The van der Waals surface area contributed by atoms with Crippen LogP contribution >= 0.6 is 0 Å². The molecule has 5 heteroatoms. The lowest BCUT2D eigenvalue weighted by Gasteiger charge is -2.38. The Labute approximate surface area is 106 Å². The van der Waals surface area contributed by atoms with Crippen molar-refractivity contribution in [3.8, 4) is 0 Å². The van der Waals surface area contributed by atoms with Crippen molar-refractivity contribution in [3.63, 3.8) is 0 Å². The average molecular weight is 247 g/mol. The molecule has 0 aromatic heterocycles. The minimum Gasteiger partial charge on any atom is -0.399 e. The molecule has 1 atom stereocenters. The van der Waals surface area contributed by atoms with Gasteiger partial charge in [-0.1, -0.05) is 13.0 Å². The first kappa shape index (κ1) is 12.4. The Balaban J connectivity index is 2.41. The number of imide groups is 1. The summed E-state index contributed by atoms with van der Waals surface area (Å²) in [5.41, 5.74) is 6.17. The minimum absolute atomic E-state index is 0.181. The van der Waals surface area contributed by atoms with Gasteiger partial charge in [0.05, 0.1) is 11.1 Å². The van der Waals surface area contributed by atoms with E-state index in [9.17, 15) is 9.59 Å². The molecule has 1 heterocycles. The molecule has 1 saturated heterocycles. The fourth-order valence-corrected chi connectivity index (χ4v) is 1.96. The Morgan fingerprint density at radius 3 is 2.78 bits per heavy atom. The highest BCUT2D eigenvalue weighted by Gasteiger charge is 2.43. The first-order valence-electron chi connectivity index (χ1n) is 5.96. The third-order valence-corrected chi connectivity index (χ3v) is 3.46. The summed E-state index contributed by atoms with van der Waals surface area (Å²) in [4.78, 5) is 25.5. The van der Waals surface area contributed by atoms with Crippen molar-refractivity contribution in [2.45, 2.75) is 20.3 Å². The summed E-state index contributed by atoms with van der Waals surface area (Å²) in [7, 11) is 0. The van der Waals surface area contributed by atoms with E-state index >= 15 is 0 Å². The van der Waals surface area contributed by atoms with Gasteiger partial charge in [0.1, 0.15) is 0 Å². The zero-order valence-electron chi connectivity index (χ0n) is 10.6. The summed E-state index contributed by atoms with van der Waals surface area (Å²) < 4.78 is 0. The lowest BCUT2D eigenvalue weighted by Crippen LogP contribution is -2.59. The molecule has 5 nitrogen and oxygen atoms in total. The first-order chi connectivity index (χ1) is 8.48. The van der Waals surface area contributed by atoms with E-state index in [1.807, 2.05) is 13.8 Å². The van der Waals surface area contributed by atoms with Crippen molar-refractivity contribution in [2.24, 2.45) is 5.41 Å². The number of anilines is 2. The molecule has 2 rings (SSSR count). The second-order valence-corrected chi connectivity index (χ2v) is 4.81. The molecule has 0 radical (unpaired) electrons. The van der Waals surface area contributed by atoms with Gasteiger partial charge >= 0.3 is 6.03 Å². The van der Waals surface area contributed by atoms with Crippen LogP contribution in [0.2, 0.25) is 0 Å². The fraction of sp³-hybridized carbons (Fsp3) is 0.385. The molecule has 0 aliphatic carbocycles. The Morgan fingerprint density at radius 2 is 2.17 bits per heavy atom. The van der Waals surface area contributed by atoms with Crippen molar-refractivity contribution >= 4 is 23.3 Å². The summed E-state index contributed by atoms with van der Waals surface area (Å²) in [5, 5.41) is 2.75. The van der Waals surface area contributed by atoms with Crippen LogP contribution in [0.25, 0.3) is 0 Å². The van der Waals surface area contributed by atoms with Gasteiger partial charge in [-0.2, -0.15) is 0 Å². The Morgan fingerprint density at radius 1 is 1.44 bits per heavy atom. The van der Waals surface area contributed by atoms with Crippen LogP contribution in [-0.4, -0.2) is 18.5 Å². The highest BCUT2D eigenvalue weighted by atomic mass is 16.2.